The zero-order valence-electron chi connectivity index (χ0n) is 10.4. The van der Waals surface area contributed by atoms with Crippen LogP contribution in [0.25, 0.3) is 0 Å². The standard InChI is InChI=1S/C6H7Cl3O11S3/c7-21(10,11)18-3-2-1-16-6(17-2)5(20-23(9,14)15)4(3)19-22(8,12)13/h2-6H,1H2. The van der Waals surface area contributed by atoms with Gasteiger partial charge < -0.3 is 9.47 Å². The van der Waals surface area contributed by atoms with Crippen molar-refractivity contribution in [3.8, 4) is 0 Å². The lowest BCUT2D eigenvalue weighted by molar-refractivity contribution is -0.205. The molecule has 17 heteroatoms. The van der Waals surface area contributed by atoms with Gasteiger partial charge in [-0.2, -0.15) is 25.3 Å². The van der Waals surface area contributed by atoms with Crippen LogP contribution in [0.5, 0.6) is 0 Å². The highest BCUT2D eigenvalue weighted by molar-refractivity contribution is 8.10. The van der Waals surface area contributed by atoms with Crippen LogP contribution in [0.1, 0.15) is 0 Å². The Bertz CT molecular complexity index is 713. The molecular weight excluding hydrogens is 451 g/mol. The number of ether oxygens (including phenoxy) is 2. The molecule has 11 nitrogen and oxygen atoms in total. The average molecular weight is 458 g/mol. The van der Waals surface area contributed by atoms with Gasteiger partial charge in [-0.05, 0) is 0 Å². The smallest absolute Gasteiger partial charge is 0.347 e. The lowest BCUT2D eigenvalue weighted by Crippen LogP contribution is -2.57. The topological polar surface area (TPSA) is 149 Å². The molecule has 2 rings (SSSR count). The Morgan fingerprint density at radius 3 is 1.65 bits per heavy atom. The van der Waals surface area contributed by atoms with Gasteiger partial charge in [0.2, 0.25) is 0 Å². The van der Waals surface area contributed by atoms with E-state index in [1.807, 2.05) is 0 Å². The van der Waals surface area contributed by atoms with Crippen molar-refractivity contribution in [1.29, 1.82) is 0 Å². The second-order valence-electron chi connectivity index (χ2n) is 4.24. The van der Waals surface area contributed by atoms with E-state index >= 15 is 0 Å². The van der Waals surface area contributed by atoms with Crippen molar-refractivity contribution in [2.45, 2.75) is 30.7 Å². The van der Waals surface area contributed by atoms with E-state index in [2.05, 4.69) is 12.5 Å². The first-order valence-electron chi connectivity index (χ1n) is 5.41. The molecule has 0 spiro atoms. The van der Waals surface area contributed by atoms with E-state index in [0.29, 0.717) is 0 Å². The van der Waals surface area contributed by atoms with Crippen molar-refractivity contribution < 1.29 is 47.3 Å². The molecule has 5 atom stereocenters. The summed E-state index contributed by atoms with van der Waals surface area (Å²) in [6.07, 6.45) is -8.00. The fourth-order valence-corrected chi connectivity index (χ4v) is 4.27. The minimum atomic E-state index is -4.69. The van der Waals surface area contributed by atoms with Gasteiger partial charge in [-0.15, -0.1) is 0 Å². The molecule has 2 aliphatic heterocycles. The molecule has 2 heterocycles. The van der Waals surface area contributed by atoms with Crippen molar-refractivity contribution in [2.24, 2.45) is 0 Å². The van der Waals surface area contributed by atoms with Crippen molar-refractivity contribution in [2.75, 3.05) is 6.61 Å². The highest BCUT2D eigenvalue weighted by Crippen LogP contribution is 2.36. The fraction of sp³-hybridized carbons (Fsp3) is 1.00. The summed E-state index contributed by atoms with van der Waals surface area (Å²) >= 11 is 0. The van der Waals surface area contributed by atoms with E-state index in [9.17, 15) is 25.3 Å². The van der Waals surface area contributed by atoms with Gasteiger partial charge >= 0.3 is 28.0 Å². The van der Waals surface area contributed by atoms with Crippen LogP contribution in [0.2, 0.25) is 0 Å². The zero-order valence-corrected chi connectivity index (χ0v) is 15.2. The van der Waals surface area contributed by atoms with Gasteiger partial charge in [0, 0.05) is 32.0 Å². The van der Waals surface area contributed by atoms with Crippen LogP contribution >= 0.6 is 32.0 Å². The first-order valence-corrected chi connectivity index (χ1v) is 12.1. The maximum absolute atomic E-state index is 11.1. The van der Waals surface area contributed by atoms with Crippen molar-refractivity contribution in [3.63, 3.8) is 0 Å². The summed E-state index contributed by atoms with van der Waals surface area (Å²) in [6, 6.07) is 0. The molecule has 2 fully saturated rings. The summed E-state index contributed by atoms with van der Waals surface area (Å²) in [4.78, 5) is 0. The van der Waals surface area contributed by atoms with E-state index in [0.717, 1.165) is 0 Å². The van der Waals surface area contributed by atoms with Gasteiger partial charge in [0.15, 0.2) is 12.4 Å². The Hall–Kier alpha value is 0.520. The van der Waals surface area contributed by atoms with Crippen LogP contribution in [0.3, 0.4) is 0 Å². The second-order valence-corrected chi connectivity index (χ2v) is 10.6. The third-order valence-electron chi connectivity index (χ3n) is 2.69. The van der Waals surface area contributed by atoms with Crippen LogP contribution in [0.4, 0.5) is 0 Å². The Kier molecular flexibility index (Phi) is 5.76. The summed E-state index contributed by atoms with van der Waals surface area (Å²) < 4.78 is 90.2. The first kappa shape index (κ1) is 19.8. The molecule has 2 bridgehead atoms. The Balaban J connectivity index is 2.41. The third kappa shape index (κ3) is 5.78. The summed E-state index contributed by atoms with van der Waals surface area (Å²) in [6.45, 7) is -0.286. The van der Waals surface area contributed by atoms with Gasteiger partial charge in [-0.25, -0.2) is 12.5 Å². The van der Waals surface area contributed by atoms with Crippen LogP contribution in [0.15, 0.2) is 0 Å². The lowest BCUT2D eigenvalue weighted by atomic mass is 10.0. The van der Waals surface area contributed by atoms with Crippen molar-refractivity contribution >= 4 is 60.0 Å². The highest BCUT2D eigenvalue weighted by Gasteiger charge is 2.56. The van der Waals surface area contributed by atoms with Crippen LogP contribution in [0, 0.1) is 0 Å². The van der Waals surface area contributed by atoms with Gasteiger partial charge in [0.05, 0.1) is 6.61 Å². The van der Waals surface area contributed by atoms with E-state index < -0.39 is 58.7 Å². The molecule has 0 aliphatic carbocycles. The quantitative estimate of drug-likeness (QED) is 0.468. The SMILES string of the molecule is O=S(=O)(Cl)OC1C2COC(O2)C(OS(=O)(=O)Cl)C1OS(=O)(=O)Cl. The Labute approximate surface area is 144 Å². The second kappa shape index (κ2) is 6.68. The predicted molar refractivity (Wildman–Crippen MR) is 73.6 cm³/mol. The van der Waals surface area contributed by atoms with Crippen molar-refractivity contribution in [1.82, 2.24) is 0 Å². The normalized spacial score (nSPS) is 35.3. The molecule has 0 saturated carbocycles. The van der Waals surface area contributed by atoms with Gasteiger partial charge in [0.25, 0.3) is 0 Å². The third-order valence-corrected chi connectivity index (χ3v) is 4.71. The molecular formula is C6H7Cl3O11S3. The molecule has 0 N–H and O–H groups in total. The molecule has 0 aromatic rings. The summed E-state index contributed by atoms with van der Waals surface area (Å²) in [5.41, 5.74) is 0. The minimum Gasteiger partial charge on any atom is -0.347 e. The lowest BCUT2D eigenvalue weighted by Gasteiger charge is -2.37. The number of hydrogen-bond donors (Lipinski definition) is 0. The van der Waals surface area contributed by atoms with E-state index in [1.54, 1.807) is 0 Å². The summed E-state index contributed by atoms with van der Waals surface area (Å²) in [7, 11) is 0.868. The average Bonchev–Trinajstić information content (AvgIpc) is 2.71. The molecule has 0 aromatic carbocycles. The number of hydrogen-bond acceptors (Lipinski definition) is 11. The van der Waals surface area contributed by atoms with Gasteiger partial charge in [-0.3, -0.25) is 0 Å². The number of rotatable bonds is 6. The fourth-order valence-electron chi connectivity index (χ4n) is 2.06. The molecule has 5 unspecified atom stereocenters. The molecule has 2 aliphatic rings. The maximum atomic E-state index is 11.1. The molecule has 136 valence electrons. The molecule has 0 radical (unpaired) electrons. The van der Waals surface area contributed by atoms with Crippen LogP contribution in [-0.4, -0.2) is 62.6 Å². The Morgan fingerprint density at radius 1 is 0.739 bits per heavy atom. The molecule has 0 aromatic heterocycles. The molecule has 2 saturated heterocycles. The van der Waals surface area contributed by atoms with E-state index in [1.165, 1.54) is 0 Å². The monoisotopic (exact) mass is 456 g/mol. The molecule has 0 amide bonds. The zero-order chi connectivity index (χ0) is 17.6. The van der Waals surface area contributed by atoms with Crippen molar-refractivity contribution in [3.05, 3.63) is 0 Å². The Morgan fingerprint density at radius 2 is 1.17 bits per heavy atom. The molecule has 23 heavy (non-hydrogen) atoms. The van der Waals surface area contributed by atoms with Crippen LogP contribution in [-0.2, 0) is 50.0 Å². The van der Waals surface area contributed by atoms with E-state index in [-0.39, 0.29) is 6.61 Å². The number of halogens is 3. The highest BCUT2D eigenvalue weighted by atomic mass is 35.7. The van der Waals surface area contributed by atoms with Crippen LogP contribution < -0.4 is 0 Å². The summed E-state index contributed by atoms with van der Waals surface area (Å²) in [5, 5.41) is 0. The maximum Gasteiger partial charge on any atom is 0.356 e. The largest absolute Gasteiger partial charge is 0.356 e. The minimum absolute atomic E-state index is 0.286. The number of fused-ring (bicyclic) bond motifs is 2. The van der Waals surface area contributed by atoms with E-state index in [4.69, 9.17) is 41.5 Å². The summed E-state index contributed by atoms with van der Waals surface area (Å²) in [5.74, 6) is 0. The first-order chi connectivity index (χ1) is 10.3. The predicted octanol–water partition coefficient (Wildman–Crippen LogP) is -0.652. The van der Waals surface area contributed by atoms with Gasteiger partial charge in [0.1, 0.15) is 18.3 Å². The van der Waals surface area contributed by atoms with Gasteiger partial charge in [-0.1, -0.05) is 0 Å².